The first-order valence-electron chi connectivity index (χ1n) is 11.4. The monoisotopic (exact) mass is 428 g/mol. The van der Waals surface area contributed by atoms with Crippen LogP contribution in [-0.2, 0) is 6.54 Å². The molecule has 3 heterocycles. The number of fused-ring (bicyclic) bond motifs is 1. The largest absolute Gasteiger partial charge is 0.346 e. The van der Waals surface area contributed by atoms with Crippen molar-refractivity contribution in [1.82, 2.24) is 25.1 Å². The number of amides is 2. The van der Waals surface area contributed by atoms with Crippen LogP contribution < -0.4 is 10.6 Å². The summed E-state index contributed by atoms with van der Waals surface area (Å²) in [7, 11) is 0. The van der Waals surface area contributed by atoms with Crippen LogP contribution in [0.25, 0.3) is 33.4 Å². The summed E-state index contributed by atoms with van der Waals surface area (Å²) in [6.45, 7) is 2.85. The van der Waals surface area contributed by atoms with Gasteiger partial charge in [-0.15, -0.1) is 0 Å². The molecule has 3 aromatic heterocycles. The molecule has 7 heteroatoms. The van der Waals surface area contributed by atoms with Crippen molar-refractivity contribution in [3.05, 3.63) is 55.0 Å². The van der Waals surface area contributed by atoms with Crippen molar-refractivity contribution in [3.63, 3.8) is 0 Å². The maximum Gasteiger partial charge on any atom is 0.319 e. The number of benzene rings is 1. The summed E-state index contributed by atoms with van der Waals surface area (Å²) in [6.07, 6.45) is 11.6. The summed E-state index contributed by atoms with van der Waals surface area (Å²) in [6, 6.07) is 12.1. The van der Waals surface area contributed by atoms with Crippen molar-refractivity contribution < 1.29 is 4.79 Å². The Bertz CT molecular complexity index is 1230. The Hall–Kier alpha value is -3.61. The molecule has 0 spiro atoms. The number of aromatic nitrogens is 4. The van der Waals surface area contributed by atoms with Crippen LogP contribution in [0.4, 0.5) is 10.5 Å². The number of hydrogen-bond acceptors (Lipinski definition) is 3. The minimum Gasteiger partial charge on any atom is -0.346 e. The van der Waals surface area contributed by atoms with E-state index < -0.39 is 0 Å². The van der Waals surface area contributed by atoms with E-state index in [1.807, 2.05) is 53.5 Å². The van der Waals surface area contributed by atoms with Crippen molar-refractivity contribution in [2.24, 2.45) is 0 Å². The van der Waals surface area contributed by atoms with Gasteiger partial charge in [0.2, 0.25) is 0 Å². The van der Waals surface area contributed by atoms with Gasteiger partial charge >= 0.3 is 6.03 Å². The average Bonchev–Trinajstić information content (AvgIpc) is 3.47. The number of urea groups is 1. The topological polar surface area (TPSA) is 87.6 Å². The maximum absolute atomic E-state index is 12.5. The molecule has 32 heavy (non-hydrogen) atoms. The van der Waals surface area contributed by atoms with Crippen LogP contribution in [0.2, 0.25) is 0 Å². The highest BCUT2D eigenvalue weighted by molar-refractivity contribution is 5.97. The van der Waals surface area contributed by atoms with E-state index in [1.54, 1.807) is 0 Å². The maximum atomic E-state index is 12.5. The van der Waals surface area contributed by atoms with Gasteiger partial charge in [-0.1, -0.05) is 31.4 Å². The molecule has 0 bridgehead atoms. The van der Waals surface area contributed by atoms with Gasteiger partial charge in [0.1, 0.15) is 11.3 Å². The quantitative estimate of drug-likeness (QED) is 0.388. The SMILES string of the molecule is CCn1cc(-c2ccnc3[nH]ccc23)c(-c2cccc(NC(=O)NC3CCCCC3)c2)n1. The third kappa shape index (κ3) is 4.10. The molecule has 1 saturated carbocycles. The van der Waals surface area contributed by atoms with Gasteiger partial charge in [0.15, 0.2) is 0 Å². The highest BCUT2D eigenvalue weighted by Gasteiger charge is 2.18. The fraction of sp³-hybridized carbons (Fsp3) is 0.320. The van der Waals surface area contributed by atoms with Gasteiger partial charge in [0.05, 0.1) is 0 Å². The van der Waals surface area contributed by atoms with Crippen LogP contribution >= 0.6 is 0 Å². The summed E-state index contributed by atoms with van der Waals surface area (Å²) in [5.74, 6) is 0. The molecule has 0 radical (unpaired) electrons. The first-order valence-corrected chi connectivity index (χ1v) is 11.4. The highest BCUT2D eigenvalue weighted by atomic mass is 16.2. The second kappa shape index (κ2) is 8.86. The van der Waals surface area contributed by atoms with Crippen LogP contribution in [0.5, 0.6) is 0 Å². The lowest BCUT2D eigenvalue weighted by Gasteiger charge is -2.22. The Morgan fingerprint density at radius 3 is 2.88 bits per heavy atom. The molecule has 0 unspecified atom stereocenters. The number of carbonyl (C=O) groups excluding carboxylic acids is 1. The van der Waals surface area contributed by atoms with E-state index in [0.717, 1.165) is 58.5 Å². The van der Waals surface area contributed by atoms with Gasteiger partial charge in [-0.05, 0) is 49.6 Å². The molecule has 2 amide bonds. The van der Waals surface area contributed by atoms with Crippen molar-refractivity contribution in [3.8, 4) is 22.4 Å². The molecule has 0 saturated heterocycles. The predicted octanol–water partition coefficient (Wildman–Crippen LogP) is 5.57. The summed E-state index contributed by atoms with van der Waals surface area (Å²) >= 11 is 0. The average molecular weight is 429 g/mol. The van der Waals surface area contributed by atoms with Crippen LogP contribution in [-0.4, -0.2) is 31.8 Å². The molecule has 1 aliphatic rings. The molecular weight excluding hydrogens is 400 g/mol. The number of nitrogens with one attached hydrogen (secondary N) is 3. The molecule has 1 aliphatic carbocycles. The molecule has 7 nitrogen and oxygen atoms in total. The zero-order valence-corrected chi connectivity index (χ0v) is 18.3. The number of rotatable bonds is 5. The number of nitrogens with zero attached hydrogens (tertiary/aromatic N) is 3. The van der Waals surface area contributed by atoms with Crippen molar-refractivity contribution in [1.29, 1.82) is 0 Å². The number of hydrogen-bond donors (Lipinski definition) is 3. The number of aryl methyl sites for hydroxylation is 1. The minimum absolute atomic E-state index is 0.142. The molecular formula is C25H28N6O. The fourth-order valence-corrected chi connectivity index (χ4v) is 4.53. The van der Waals surface area contributed by atoms with Gasteiger partial charge in [0.25, 0.3) is 0 Å². The highest BCUT2D eigenvalue weighted by Crippen LogP contribution is 2.35. The summed E-state index contributed by atoms with van der Waals surface area (Å²) in [5, 5.41) is 12.0. The lowest BCUT2D eigenvalue weighted by Crippen LogP contribution is -2.39. The first kappa shape index (κ1) is 20.3. The van der Waals surface area contributed by atoms with Gasteiger partial charge < -0.3 is 15.6 Å². The second-order valence-corrected chi connectivity index (χ2v) is 8.36. The van der Waals surface area contributed by atoms with Crippen LogP contribution in [0, 0.1) is 0 Å². The van der Waals surface area contributed by atoms with Crippen LogP contribution in [0.3, 0.4) is 0 Å². The van der Waals surface area contributed by atoms with E-state index >= 15 is 0 Å². The Morgan fingerprint density at radius 1 is 1.16 bits per heavy atom. The Labute approximate surface area is 187 Å². The van der Waals surface area contributed by atoms with Crippen molar-refractivity contribution in [2.45, 2.75) is 51.6 Å². The Balaban J connectivity index is 1.45. The number of carbonyl (C=O) groups is 1. The first-order chi connectivity index (χ1) is 15.7. The van der Waals surface area contributed by atoms with Gasteiger partial charge in [-0.2, -0.15) is 5.10 Å². The molecule has 3 N–H and O–H groups in total. The van der Waals surface area contributed by atoms with Gasteiger partial charge in [0, 0.05) is 53.4 Å². The van der Waals surface area contributed by atoms with E-state index in [4.69, 9.17) is 5.10 Å². The van der Waals surface area contributed by atoms with E-state index in [1.165, 1.54) is 19.3 Å². The fourth-order valence-electron chi connectivity index (χ4n) is 4.53. The molecule has 0 aliphatic heterocycles. The number of aromatic amines is 1. The normalized spacial score (nSPS) is 14.5. The zero-order chi connectivity index (χ0) is 21.9. The van der Waals surface area contributed by atoms with E-state index in [0.29, 0.717) is 0 Å². The summed E-state index contributed by atoms with van der Waals surface area (Å²) in [4.78, 5) is 20.1. The molecule has 164 valence electrons. The third-order valence-corrected chi connectivity index (χ3v) is 6.17. The Morgan fingerprint density at radius 2 is 2.03 bits per heavy atom. The lowest BCUT2D eigenvalue weighted by molar-refractivity contribution is 0.244. The zero-order valence-electron chi connectivity index (χ0n) is 18.3. The number of anilines is 1. The molecule has 4 aromatic rings. The minimum atomic E-state index is -0.142. The third-order valence-electron chi connectivity index (χ3n) is 6.17. The van der Waals surface area contributed by atoms with E-state index in [2.05, 4.69) is 33.7 Å². The van der Waals surface area contributed by atoms with Crippen LogP contribution in [0.15, 0.2) is 55.0 Å². The molecule has 1 aromatic carbocycles. The standard InChI is InChI=1S/C25H28N6O/c1-2-31-16-22(20-11-13-26-24-21(20)12-14-27-24)23(30-31)17-7-6-10-19(15-17)29-25(32)28-18-8-4-3-5-9-18/h6-7,10-16,18H,2-5,8-9H2,1H3,(H,26,27)(H2,28,29,32). The smallest absolute Gasteiger partial charge is 0.319 e. The summed E-state index contributed by atoms with van der Waals surface area (Å²) < 4.78 is 1.94. The predicted molar refractivity (Wildman–Crippen MR) is 127 cm³/mol. The van der Waals surface area contributed by atoms with E-state index in [9.17, 15) is 4.79 Å². The van der Waals surface area contributed by atoms with E-state index in [-0.39, 0.29) is 12.1 Å². The Kier molecular flexibility index (Phi) is 5.62. The van der Waals surface area contributed by atoms with Gasteiger partial charge in [-0.25, -0.2) is 9.78 Å². The number of H-pyrrole nitrogens is 1. The van der Waals surface area contributed by atoms with Gasteiger partial charge in [-0.3, -0.25) is 4.68 Å². The van der Waals surface area contributed by atoms with Crippen LogP contribution in [0.1, 0.15) is 39.0 Å². The molecule has 0 atom stereocenters. The van der Waals surface area contributed by atoms with Crippen molar-refractivity contribution in [2.75, 3.05) is 5.32 Å². The molecule has 5 rings (SSSR count). The molecule has 1 fully saturated rings. The lowest BCUT2D eigenvalue weighted by atomic mass is 9.96. The second-order valence-electron chi connectivity index (χ2n) is 8.36. The number of pyridine rings is 1. The summed E-state index contributed by atoms with van der Waals surface area (Å²) in [5.41, 5.74) is 5.59. The van der Waals surface area contributed by atoms with Crippen molar-refractivity contribution >= 4 is 22.8 Å².